The second-order valence-corrected chi connectivity index (χ2v) is 5.16. The zero-order valence-electron chi connectivity index (χ0n) is 11.6. The third-order valence-electron chi connectivity index (χ3n) is 2.69. The number of hydrogen-bond acceptors (Lipinski definition) is 3. The SMILES string of the molecule is CC(C)CNCc1ncn(Cc2cc(F)cc(F)c2)n1. The highest BCUT2D eigenvalue weighted by Crippen LogP contribution is 2.09. The van der Waals surface area contributed by atoms with Gasteiger partial charge in [-0.15, -0.1) is 0 Å². The molecular formula is C14H18F2N4. The van der Waals surface area contributed by atoms with Crippen molar-refractivity contribution in [2.24, 2.45) is 5.92 Å². The summed E-state index contributed by atoms with van der Waals surface area (Å²) in [6.07, 6.45) is 1.56. The van der Waals surface area contributed by atoms with Crippen LogP contribution < -0.4 is 5.32 Å². The van der Waals surface area contributed by atoms with Crippen LogP contribution in [0.25, 0.3) is 0 Å². The smallest absolute Gasteiger partial charge is 0.164 e. The summed E-state index contributed by atoms with van der Waals surface area (Å²) >= 11 is 0. The highest BCUT2D eigenvalue weighted by atomic mass is 19.1. The third kappa shape index (κ3) is 4.38. The predicted molar refractivity (Wildman–Crippen MR) is 72.0 cm³/mol. The van der Waals surface area contributed by atoms with E-state index in [-0.39, 0.29) is 0 Å². The van der Waals surface area contributed by atoms with Crippen molar-refractivity contribution < 1.29 is 8.78 Å². The predicted octanol–water partition coefficient (Wildman–Crippen LogP) is 2.35. The summed E-state index contributed by atoms with van der Waals surface area (Å²) in [6, 6.07) is 3.44. The fourth-order valence-corrected chi connectivity index (χ4v) is 1.85. The topological polar surface area (TPSA) is 42.7 Å². The molecule has 2 aromatic rings. The van der Waals surface area contributed by atoms with Crippen molar-refractivity contribution in [2.75, 3.05) is 6.54 Å². The van der Waals surface area contributed by atoms with Crippen molar-refractivity contribution in [2.45, 2.75) is 26.9 Å². The Balaban J connectivity index is 1.95. The number of nitrogens with zero attached hydrogens (tertiary/aromatic N) is 3. The van der Waals surface area contributed by atoms with Crippen molar-refractivity contribution in [3.05, 3.63) is 47.5 Å². The lowest BCUT2D eigenvalue weighted by Gasteiger charge is -2.04. The lowest BCUT2D eigenvalue weighted by Crippen LogP contribution is -2.19. The molecule has 1 heterocycles. The maximum atomic E-state index is 13.1. The lowest BCUT2D eigenvalue weighted by molar-refractivity contribution is 0.539. The minimum absolute atomic E-state index is 0.297. The van der Waals surface area contributed by atoms with E-state index in [1.54, 1.807) is 11.0 Å². The molecule has 1 aromatic carbocycles. The van der Waals surface area contributed by atoms with E-state index in [0.717, 1.165) is 12.6 Å². The Morgan fingerprint density at radius 2 is 1.90 bits per heavy atom. The van der Waals surface area contributed by atoms with Crippen LogP contribution in [0.15, 0.2) is 24.5 Å². The highest BCUT2D eigenvalue weighted by Gasteiger charge is 2.05. The Morgan fingerprint density at radius 3 is 2.55 bits per heavy atom. The molecule has 0 saturated heterocycles. The monoisotopic (exact) mass is 280 g/mol. The fraction of sp³-hybridized carbons (Fsp3) is 0.429. The molecule has 0 aliphatic carbocycles. The van der Waals surface area contributed by atoms with Crippen LogP contribution in [0.2, 0.25) is 0 Å². The molecule has 0 saturated carbocycles. The molecule has 4 nitrogen and oxygen atoms in total. The van der Waals surface area contributed by atoms with Gasteiger partial charge in [0.15, 0.2) is 5.82 Å². The van der Waals surface area contributed by atoms with E-state index in [1.807, 2.05) is 0 Å². The summed E-state index contributed by atoms with van der Waals surface area (Å²) in [5, 5.41) is 7.50. The first-order valence-corrected chi connectivity index (χ1v) is 6.57. The van der Waals surface area contributed by atoms with Crippen LogP contribution in [-0.2, 0) is 13.1 Å². The lowest BCUT2D eigenvalue weighted by atomic mass is 10.2. The summed E-state index contributed by atoms with van der Waals surface area (Å²) in [7, 11) is 0. The number of benzene rings is 1. The fourth-order valence-electron chi connectivity index (χ4n) is 1.85. The van der Waals surface area contributed by atoms with Gasteiger partial charge in [-0.2, -0.15) is 5.10 Å². The zero-order valence-corrected chi connectivity index (χ0v) is 11.6. The largest absolute Gasteiger partial charge is 0.310 e. The molecule has 0 fully saturated rings. The average Bonchev–Trinajstić information content (AvgIpc) is 2.74. The van der Waals surface area contributed by atoms with Gasteiger partial charge in [-0.25, -0.2) is 18.4 Å². The Morgan fingerprint density at radius 1 is 1.20 bits per heavy atom. The summed E-state index contributed by atoms with van der Waals surface area (Å²) < 4.78 is 27.7. The highest BCUT2D eigenvalue weighted by molar-refractivity contribution is 5.17. The molecule has 1 N–H and O–H groups in total. The van der Waals surface area contributed by atoms with Gasteiger partial charge in [0.1, 0.15) is 18.0 Å². The summed E-state index contributed by atoms with van der Waals surface area (Å²) in [6.45, 7) is 6.02. The summed E-state index contributed by atoms with van der Waals surface area (Å²) in [4.78, 5) is 4.16. The molecular weight excluding hydrogens is 262 g/mol. The Bertz CT molecular complexity index is 546. The van der Waals surface area contributed by atoms with Crippen LogP contribution >= 0.6 is 0 Å². The van der Waals surface area contributed by atoms with E-state index in [4.69, 9.17) is 0 Å². The van der Waals surface area contributed by atoms with E-state index in [1.165, 1.54) is 12.1 Å². The van der Waals surface area contributed by atoms with Gasteiger partial charge >= 0.3 is 0 Å². The Hall–Kier alpha value is -1.82. The van der Waals surface area contributed by atoms with Crippen molar-refractivity contribution in [1.29, 1.82) is 0 Å². The summed E-state index contributed by atoms with van der Waals surface area (Å²) in [5.41, 5.74) is 0.522. The molecule has 0 aliphatic rings. The van der Waals surface area contributed by atoms with Crippen LogP contribution in [0.5, 0.6) is 0 Å². The number of halogens is 2. The van der Waals surface area contributed by atoms with Gasteiger partial charge in [0.05, 0.1) is 13.1 Å². The Kier molecular flexibility index (Phi) is 4.79. The first-order valence-electron chi connectivity index (χ1n) is 6.57. The van der Waals surface area contributed by atoms with Gasteiger partial charge < -0.3 is 5.32 Å². The normalized spacial score (nSPS) is 11.2. The maximum absolute atomic E-state index is 13.1. The average molecular weight is 280 g/mol. The first kappa shape index (κ1) is 14.6. The van der Waals surface area contributed by atoms with E-state index in [9.17, 15) is 8.78 Å². The molecule has 0 atom stereocenters. The van der Waals surface area contributed by atoms with Gasteiger partial charge in [0.25, 0.3) is 0 Å². The third-order valence-corrected chi connectivity index (χ3v) is 2.69. The Labute approximate surface area is 116 Å². The quantitative estimate of drug-likeness (QED) is 0.883. The first-order chi connectivity index (χ1) is 9.52. The molecule has 0 aliphatic heterocycles. The van der Waals surface area contributed by atoms with E-state index in [0.29, 0.717) is 30.4 Å². The van der Waals surface area contributed by atoms with E-state index >= 15 is 0 Å². The van der Waals surface area contributed by atoms with Crippen molar-refractivity contribution in [1.82, 2.24) is 20.1 Å². The van der Waals surface area contributed by atoms with Crippen LogP contribution in [0, 0.1) is 17.6 Å². The van der Waals surface area contributed by atoms with E-state index < -0.39 is 11.6 Å². The van der Waals surface area contributed by atoms with Gasteiger partial charge in [-0.05, 0) is 30.2 Å². The van der Waals surface area contributed by atoms with Gasteiger partial charge in [-0.1, -0.05) is 13.8 Å². The minimum atomic E-state index is -0.584. The van der Waals surface area contributed by atoms with Crippen molar-refractivity contribution in [3.63, 3.8) is 0 Å². The minimum Gasteiger partial charge on any atom is -0.310 e. The van der Waals surface area contributed by atoms with Crippen molar-refractivity contribution >= 4 is 0 Å². The number of aromatic nitrogens is 3. The summed E-state index contributed by atoms with van der Waals surface area (Å²) in [5.74, 6) is 0.0627. The maximum Gasteiger partial charge on any atom is 0.164 e. The molecule has 0 radical (unpaired) electrons. The molecule has 20 heavy (non-hydrogen) atoms. The van der Waals surface area contributed by atoms with Crippen LogP contribution in [-0.4, -0.2) is 21.3 Å². The van der Waals surface area contributed by atoms with Gasteiger partial charge in [0, 0.05) is 6.07 Å². The van der Waals surface area contributed by atoms with Crippen LogP contribution in [0.4, 0.5) is 8.78 Å². The number of nitrogens with one attached hydrogen (secondary N) is 1. The van der Waals surface area contributed by atoms with Crippen molar-refractivity contribution in [3.8, 4) is 0 Å². The standard InChI is InChI=1S/C14H18F2N4/c1-10(2)6-17-7-14-18-9-20(19-14)8-11-3-12(15)5-13(16)4-11/h3-5,9-10,17H,6-8H2,1-2H3. The van der Waals surface area contributed by atoms with Gasteiger partial charge in [-0.3, -0.25) is 0 Å². The number of hydrogen-bond donors (Lipinski definition) is 1. The molecule has 1 aromatic heterocycles. The number of rotatable bonds is 6. The second kappa shape index (κ2) is 6.56. The molecule has 0 bridgehead atoms. The molecule has 2 rings (SSSR count). The van der Waals surface area contributed by atoms with Crippen LogP contribution in [0.1, 0.15) is 25.2 Å². The van der Waals surface area contributed by atoms with E-state index in [2.05, 4.69) is 29.2 Å². The van der Waals surface area contributed by atoms with Gasteiger partial charge in [0.2, 0.25) is 0 Å². The second-order valence-electron chi connectivity index (χ2n) is 5.16. The molecule has 108 valence electrons. The zero-order chi connectivity index (χ0) is 14.5. The molecule has 6 heteroatoms. The molecule has 0 amide bonds. The molecule has 0 unspecified atom stereocenters. The molecule has 0 spiro atoms. The van der Waals surface area contributed by atoms with Crippen LogP contribution in [0.3, 0.4) is 0 Å².